The van der Waals surface area contributed by atoms with Gasteiger partial charge in [0.15, 0.2) is 0 Å². The molecular weight excluding hydrogens is 197 g/mol. The van der Waals surface area contributed by atoms with Gasteiger partial charge >= 0.3 is 0 Å². The maximum atomic E-state index is 8.42. The minimum atomic E-state index is 0. The zero-order valence-corrected chi connectivity index (χ0v) is 7.69. The fourth-order valence-corrected chi connectivity index (χ4v) is 0.905. The van der Waals surface area contributed by atoms with Gasteiger partial charge in [0.2, 0.25) is 0 Å². The summed E-state index contributed by atoms with van der Waals surface area (Å²) in [4.78, 5) is 3.79. The van der Waals surface area contributed by atoms with Gasteiger partial charge in [-0.15, -0.1) is 24.0 Å². The van der Waals surface area contributed by atoms with Crippen molar-refractivity contribution in [3.05, 3.63) is 23.4 Å². The molecule has 3 nitrogen and oxygen atoms in total. The molecule has 0 saturated heterocycles. The molecule has 0 aliphatic carbocycles. The van der Waals surface area contributed by atoms with E-state index in [2.05, 4.69) is 4.98 Å². The zero-order chi connectivity index (χ0) is 8.27. The van der Waals surface area contributed by atoms with Gasteiger partial charge in [-0.25, -0.2) is 4.98 Å². The van der Waals surface area contributed by atoms with E-state index in [0.717, 1.165) is 5.56 Å². The number of aromatic nitrogens is 1. The Kier molecular flexibility index (Phi) is 4.42. The fourth-order valence-electron chi connectivity index (χ4n) is 0.679. The van der Waals surface area contributed by atoms with Crippen molar-refractivity contribution in [1.82, 2.24) is 4.98 Å². The number of nitrogens with two attached hydrogens (primary N) is 1. The van der Waals surface area contributed by atoms with Crippen LogP contribution in [0.1, 0.15) is 11.3 Å². The van der Waals surface area contributed by atoms with Crippen molar-refractivity contribution in [1.29, 1.82) is 5.26 Å². The summed E-state index contributed by atoms with van der Waals surface area (Å²) >= 11 is 5.52. The summed E-state index contributed by atoms with van der Waals surface area (Å²) in [5.74, 6) is 0.656. The monoisotopic (exact) mass is 203 g/mol. The number of nitriles is 1. The van der Waals surface area contributed by atoms with Gasteiger partial charge in [0.25, 0.3) is 0 Å². The molecule has 5 heteroatoms. The van der Waals surface area contributed by atoms with E-state index in [1.54, 1.807) is 12.1 Å². The maximum absolute atomic E-state index is 8.42. The standard InChI is InChI=1S/C7H6ClN3.ClH/c8-3-5-1-2-6(4-9)11-7(5)10;/h1-2H,3H2,(H2,10,11);1H. The quantitative estimate of drug-likeness (QED) is 0.708. The molecule has 1 rings (SSSR count). The summed E-state index contributed by atoms with van der Waals surface area (Å²) in [5, 5.41) is 8.42. The highest BCUT2D eigenvalue weighted by Crippen LogP contribution is 2.11. The Balaban J connectivity index is 0.00000121. The largest absolute Gasteiger partial charge is 0.383 e. The van der Waals surface area contributed by atoms with Crippen molar-refractivity contribution < 1.29 is 0 Å². The predicted molar refractivity (Wildman–Crippen MR) is 50.2 cm³/mol. The summed E-state index contributed by atoms with van der Waals surface area (Å²) in [7, 11) is 0. The van der Waals surface area contributed by atoms with Crippen LogP contribution in [-0.4, -0.2) is 4.98 Å². The minimum absolute atomic E-state index is 0. The fraction of sp³-hybridized carbons (Fsp3) is 0.143. The van der Waals surface area contributed by atoms with E-state index in [9.17, 15) is 0 Å². The number of pyridine rings is 1. The first-order chi connectivity index (χ1) is 5.27. The number of anilines is 1. The first-order valence-corrected chi connectivity index (χ1v) is 3.53. The van der Waals surface area contributed by atoms with E-state index >= 15 is 0 Å². The molecule has 1 aromatic rings. The van der Waals surface area contributed by atoms with Crippen LogP contribution >= 0.6 is 24.0 Å². The lowest BCUT2D eigenvalue weighted by Crippen LogP contribution is -1.97. The van der Waals surface area contributed by atoms with Crippen LogP contribution in [0.2, 0.25) is 0 Å². The molecule has 0 fully saturated rings. The van der Waals surface area contributed by atoms with Crippen molar-refractivity contribution in [2.45, 2.75) is 5.88 Å². The van der Waals surface area contributed by atoms with Crippen molar-refractivity contribution in [3.8, 4) is 6.07 Å². The highest BCUT2D eigenvalue weighted by atomic mass is 35.5. The number of hydrogen-bond acceptors (Lipinski definition) is 3. The van der Waals surface area contributed by atoms with E-state index < -0.39 is 0 Å². The minimum Gasteiger partial charge on any atom is -0.383 e. The molecule has 2 N–H and O–H groups in total. The van der Waals surface area contributed by atoms with E-state index in [1.807, 2.05) is 6.07 Å². The molecule has 1 aromatic heterocycles. The lowest BCUT2D eigenvalue weighted by Gasteiger charge is -1.98. The molecule has 0 spiro atoms. The van der Waals surface area contributed by atoms with Crippen LogP contribution in [0.25, 0.3) is 0 Å². The lowest BCUT2D eigenvalue weighted by molar-refractivity contribution is 1.22. The lowest BCUT2D eigenvalue weighted by atomic mass is 10.2. The third kappa shape index (κ3) is 2.26. The molecule has 1 heterocycles. The second kappa shape index (κ2) is 4.81. The Hall–Kier alpha value is -0.980. The topological polar surface area (TPSA) is 62.7 Å². The Labute approximate surface area is 81.6 Å². The first kappa shape index (κ1) is 11.0. The highest BCUT2D eigenvalue weighted by molar-refractivity contribution is 6.17. The van der Waals surface area contributed by atoms with Crippen LogP contribution in [0.4, 0.5) is 5.82 Å². The van der Waals surface area contributed by atoms with Gasteiger partial charge in [-0.1, -0.05) is 6.07 Å². The van der Waals surface area contributed by atoms with Crippen molar-refractivity contribution in [2.24, 2.45) is 0 Å². The third-order valence-electron chi connectivity index (χ3n) is 1.27. The number of halogens is 2. The van der Waals surface area contributed by atoms with Crippen LogP contribution < -0.4 is 5.73 Å². The van der Waals surface area contributed by atoms with Gasteiger partial charge in [-0.2, -0.15) is 5.26 Å². The van der Waals surface area contributed by atoms with Gasteiger partial charge < -0.3 is 5.73 Å². The summed E-state index contributed by atoms with van der Waals surface area (Å²) in [6.45, 7) is 0. The molecule has 0 atom stereocenters. The van der Waals surface area contributed by atoms with Gasteiger partial charge in [0.05, 0.1) is 5.88 Å². The number of nitrogens with zero attached hydrogens (tertiary/aromatic N) is 2. The number of hydrogen-bond donors (Lipinski definition) is 1. The molecule has 0 aliphatic heterocycles. The summed E-state index contributed by atoms with van der Waals surface area (Å²) in [5.41, 5.74) is 6.53. The van der Waals surface area contributed by atoms with Crippen molar-refractivity contribution >= 4 is 29.8 Å². The molecule has 64 valence electrons. The molecule has 0 saturated carbocycles. The van der Waals surface area contributed by atoms with Gasteiger partial charge in [0.1, 0.15) is 17.6 Å². The summed E-state index contributed by atoms with van der Waals surface area (Å²) in [6.07, 6.45) is 0. The number of rotatable bonds is 1. The number of nitrogen functional groups attached to an aromatic ring is 1. The summed E-state index contributed by atoms with van der Waals surface area (Å²) in [6, 6.07) is 5.18. The molecule has 12 heavy (non-hydrogen) atoms. The van der Waals surface area contributed by atoms with E-state index in [-0.39, 0.29) is 12.4 Å². The Morgan fingerprint density at radius 2 is 2.25 bits per heavy atom. The highest BCUT2D eigenvalue weighted by Gasteiger charge is 1.99. The molecule has 0 radical (unpaired) electrons. The van der Waals surface area contributed by atoms with Crippen LogP contribution in [0.5, 0.6) is 0 Å². The molecule has 0 aromatic carbocycles. The van der Waals surface area contributed by atoms with Crippen LogP contribution in [0.3, 0.4) is 0 Å². The van der Waals surface area contributed by atoms with E-state index in [4.69, 9.17) is 22.6 Å². The van der Waals surface area contributed by atoms with E-state index in [0.29, 0.717) is 17.4 Å². The molecule has 0 bridgehead atoms. The van der Waals surface area contributed by atoms with E-state index in [1.165, 1.54) is 0 Å². The average Bonchev–Trinajstić information content (AvgIpc) is 2.04. The van der Waals surface area contributed by atoms with Gasteiger partial charge in [0, 0.05) is 5.56 Å². The van der Waals surface area contributed by atoms with Crippen LogP contribution in [0.15, 0.2) is 12.1 Å². The normalized spacial score (nSPS) is 8.33. The SMILES string of the molecule is Cl.N#Cc1ccc(CCl)c(N)n1. The molecule has 0 amide bonds. The van der Waals surface area contributed by atoms with Crippen molar-refractivity contribution in [3.63, 3.8) is 0 Å². The Bertz CT molecular complexity index is 306. The smallest absolute Gasteiger partial charge is 0.142 e. The Morgan fingerprint density at radius 3 is 2.67 bits per heavy atom. The van der Waals surface area contributed by atoms with Gasteiger partial charge in [-0.3, -0.25) is 0 Å². The molecule has 0 aliphatic rings. The van der Waals surface area contributed by atoms with Crippen LogP contribution in [-0.2, 0) is 5.88 Å². The molecular formula is C7H7Cl2N3. The van der Waals surface area contributed by atoms with Gasteiger partial charge in [-0.05, 0) is 6.07 Å². The molecule has 0 unspecified atom stereocenters. The second-order valence-corrected chi connectivity index (χ2v) is 2.25. The number of alkyl halides is 1. The second-order valence-electron chi connectivity index (χ2n) is 1.99. The maximum Gasteiger partial charge on any atom is 0.142 e. The van der Waals surface area contributed by atoms with Crippen LogP contribution in [0, 0.1) is 11.3 Å². The summed E-state index contributed by atoms with van der Waals surface area (Å²) < 4.78 is 0. The predicted octanol–water partition coefficient (Wildman–Crippen LogP) is 1.70. The van der Waals surface area contributed by atoms with Crippen molar-refractivity contribution in [2.75, 3.05) is 5.73 Å². The Morgan fingerprint density at radius 1 is 1.58 bits per heavy atom. The average molecular weight is 204 g/mol. The third-order valence-corrected chi connectivity index (χ3v) is 1.56. The zero-order valence-electron chi connectivity index (χ0n) is 6.12. The first-order valence-electron chi connectivity index (χ1n) is 2.99.